The third-order valence-corrected chi connectivity index (χ3v) is 12.2. The highest BCUT2D eigenvalue weighted by Gasteiger charge is 2.44. The molecule has 2 heterocycles. The molecule has 22 heteroatoms. The normalized spacial score (nSPS) is 20.8. The summed E-state index contributed by atoms with van der Waals surface area (Å²) in [6.45, 7) is 4.38. The smallest absolute Gasteiger partial charge is 0.412 e. The molecule has 0 bridgehead atoms. The SMILES string of the molecule is CCOOC(=O)[C@@H](C)OP(=O)(COc1ccc(C[C@H](NC(=O)O[C@H]2CO[C@H]3OCC[C@H]32)[C@H](O)CN(CC(C)C)S(=O)(=O)c2ccc(OC)cc2)cc1)OCC(F)(F)F. The van der Waals surface area contributed by atoms with Gasteiger partial charge in [0, 0.05) is 13.1 Å². The fourth-order valence-electron chi connectivity index (χ4n) is 5.93. The number of nitrogens with zero attached hydrogens (tertiary/aromatic N) is 1. The Morgan fingerprint density at radius 1 is 1.03 bits per heavy atom. The molecule has 2 aliphatic rings. The number of halogens is 3. The Morgan fingerprint density at radius 3 is 2.33 bits per heavy atom. The summed E-state index contributed by atoms with van der Waals surface area (Å²) in [5, 5.41) is 14.3. The Hall–Kier alpha value is -3.53. The molecule has 2 aliphatic heterocycles. The van der Waals surface area contributed by atoms with E-state index in [-0.39, 0.29) is 48.7 Å². The zero-order chi connectivity index (χ0) is 42.7. The topological polar surface area (TPSA) is 204 Å². The molecule has 1 unspecified atom stereocenters. The molecule has 1 amide bonds. The average Bonchev–Trinajstić information content (AvgIpc) is 3.80. The van der Waals surface area contributed by atoms with E-state index in [9.17, 15) is 40.8 Å². The van der Waals surface area contributed by atoms with E-state index in [1.54, 1.807) is 0 Å². The number of benzene rings is 2. The lowest BCUT2D eigenvalue weighted by Crippen LogP contribution is -2.51. The lowest BCUT2D eigenvalue weighted by atomic mass is 10.0. The van der Waals surface area contributed by atoms with Gasteiger partial charge in [-0.15, -0.1) is 0 Å². The number of ether oxygens (including phenoxy) is 5. The van der Waals surface area contributed by atoms with Crippen LogP contribution in [0.1, 0.15) is 39.7 Å². The van der Waals surface area contributed by atoms with E-state index in [1.807, 2.05) is 13.8 Å². The summed E-state index contributed by atoms with van der Waals surface area (Å²) in [5.74, 6) is -1.05. The number of rotatable bonds is 22. The second-order valence-corrected chi connectivity index (χ2v) is 17.7. The van der Waals surface area contributed by atoms with Crippen LogP contribution in [0.25, 0.3) is 0 Å². The number of sulfonamides is 1. The van der Waals surface area contributed by atoms with Crippen molar-refractivity contribution >= 4 is 29.7 Å². The van der Waals surface area contributed by atoms with Gasteiger partial charge >= 0.3 is 25.8 Å². The number of alkyl halides is 3. The predicted octanol–water partition coefficient (Wildman–Crippen LogP) is 4.81. The molecule has 2 fully saturated rings. The van der Waals surface area contributed by atoms with Crippen LogP contribution in [0.4, 0.5) is 18.0 Å². The molecule has 58 heavy (non-hydrogen) atoms. The van der Waals surface area contributed by atoms with Gasteiger partial charge in [-0.2, -0.15) is 22.4 Å². The molecule has 2 saturated heterocycles. The van der Waals surface area contributed by atoms with Gasteiger partial charge in [0.1, 0.15) is 17.6 Å². The number of amides is 1. The van der Waals surface area contributed by atoms with Crippen LogP contribution in [0.5, 0.6) is 11.5 Å². The highest BCUT2D eigenvalue weighted by Crippen LogP contribution is 2.50. The van der Waals surface area contributed by atoms with Crippen molar-refractivity contribution in [2.24, 2.45) is 11.8 Å². The molecule has 0 radical (unpaired) electrons. The Balaban J connectivity index is 1.52. The zero-order valence-corrected chi connectivity index (χ0v) is 34.3. The van der Waals surface area contributed by atoms with Crippen LogP contribution in [0.2, 0.25) is 0 Å². The molecule has 4 rings (SSSR count). The van der Waals surface area contributed by atoms with Crippen molar-refractivity contribution in [1.29, 1.82) is 0 Å². The Morgan fingerprint density at radius 2 is 1.71 bits per heavy atom. The van der Waals surface area contributed by atoms with E-state index in [0.717, 1.165) is 11.2 Å². The van der Waals surface area contributed by atoms with Crippen molar-refractivity contribution in [2.45, 2.75) is 82.3 Å². The van der Waals surface area contributed by atoms with E-state index in [2.05, 4.69) is 19.6 Å². The Bertz CT molecular complexity index is 1790. The summed E-state index contributed by atoms with van der Waals surface area (Å²) in [6.07, 6.45) is -10.5. The molecule has 0 saturated carbocycles. The third kappa shape index (κ3) is 14.0. The molecule has 0 spiro atoms. The lowest BCUT2D eigenvalue weighted by Gasteiger charge is -2.31. The summed E-state index contributed by atoms with van der Waals surface area (Å²) in [4.78, 5) is 34.2. The van der Waals surface area contributed by atoms with E-state index in [4.69, 9.17) is 28.2 Å². The Labute approximate surface area is 334 Å². The molecule has 0 aromatic heterocycles. The van der Waals surface area contributed by atoms with Crippen LogP contribution in [-0.4, -0.2) is 120 Å². The number of hydrogen-bond donors (Lipinski definition) is 2. The molecule has 2 N–H and O–H groups in total. The van der Waals surface area contributed by atoms with Crippen LogP contribution in [0.3, 0.4) is 0 Å². The van der Waals surface area contributed by atoms with E-state index >= 15 is 0 Å². The number of fused-ring (bicyclic) bond motifs is 1. The first-order chi connectivity index (χ1) is 27.3. The van der Waals surface area contributed by atoms with Crippen molar-refractivity contribution in [1.82, 2.24) is 9.62 Å². The van der Waals surface area contributed by atoms with Crippen LogP contribution >= 0.6 is 7.60 Å². The number of carbonyl (C=O) groups excluding carboxylic acids is 2. The molecule has 17 nitrogen and oxygen atoms in total. The number of carbonyl (C=O) groups is 2. The number of methoxy groups -OCH3 is 1. The fraction of sp³-hybridized carbons (Fsp3) is 0.611. The molecule has 2 aromatic rings. The standard InChI is InChI=1S/C36H50F3N2O15PS/c1-6-52-55-33(43)24(4)56-57(45,53-21-36(37,38)39)22-51-27-9-7-25(8-10-27)17-30(40-35(44)54-32-20-50-34-29(32)15-16-49-34)31(42)19-41(18-23(2)3)58(46,47)28-13-11-26(48-5)12-14-28/h7-14,23-24,29-32,34,42H,6,15-22H2,1-5H3,(H,40,44)/t24-,29+,30+,31-,32+,34-,57?/m1/s1. The van der Waals surface area contributed by atoms with Crippen molar-refractivity contribution in [3.05, 3.63) is 54.1 Å². The highest BCUT2D eigenvalue weighted by molar-refractivity contribution is 7.89. The van der Waals surface area contributed by atoms with Crippen LogP contribution < -0.4 is 14.8 Å². The van der Waals surface area contributed by atoms with Crippen molar-refractivity contribution < 1.29 is 83.4 Å². The second kappa shape index (κ2) is 21.1. The summed E-state index contributed by atoms with van der Waals surface area (Å²) in [7, 11) is -7.44. The maximum Gasteiger partial charge on any atom is 0.412 e. The van der Waals surface area contributed by atoms with Gasteiger partial charge in [0.15, 0.2) is 25.3 Å². The van der Waals surface area contributed by atoms with Gasteiger partial charge in [-0.25, -0.2) is 18.0 Å². The number of hydrogen-bond acceptors (Lipinski definition) is 15. The summed E-state index contributed by atoms with van der Waals surface area (Å²) < 4.78 is 118. The monoisotopic (exact) mass is 870 g/mol. The summed E-state index contributed by atoms with van der Waals surface area (Å²) >= 11 is 0. The quantitative estimate of drug-likeness (QED) is 0.0926. The van der Waals surface area contributed by atoms with Crippen molar-refractivity contribution in [3.63, 3.8) is 0 Å². The number of aliphatic hydroxyl groups excluding tert-OH is 1. The largest absolute Gasteiger partial charge is 0.497 e. The third-order valence-electron chi connectivity index (χ3n) is 8.77. The minimum atomic E-state index is -4.89. The van der Waals surface area contributed by atoms with Gasteiger partial charge in [-0.05, 0) is 74.6 Å². The maximum absolute atomic E-state index is 13.8. The van der Waals surface area contributed by atoms with Gasteiger partial charge in [0.2, 0.25) is 10.0 Å². The summed E-state index contributed by atoms with van der Waals surface area (Å²) in [6, 6.07) is 10.4. The van der Waals surface area contributed by atoms with E-state index in [1.165, 1.54) is 62.6 Å². The molecule has 2 aromatic carbocycles. The minimum Gasteiger partial charge on any atom is -0.497 e. The number of nitrogens with one attached hydrogen (secondary N) is 1. The first-order valence-corrected chi connectivity index (χ1v) is 21.6. The Kier molecular flexibility index (Phi) is 17.2. The van der Waals surface area contributed by atoms with E-state index < -0.39 is 86.0 Å². The summed E-state index contributed by atoms with van der Waals surface area (Å²) in [5.41, 5.74) is 0.485. The first-order valence-electron chi connectivity index (χ1n) is 18.4. The van der Waals surface area contributed by atoms with Crippen LogP contribution in [-0.2, 0) is 58.8 Å². The molecule has 326 valence electrons. The van der Waals surface area contributed by atoms with Crippen LogP contribution in [0.15, 0.2) is 53.4 Å². The van der Waals surface area contributed by atoms with Gasteiger partial charge in [-0.1, -0.05) is 26.0 Å². The fourth-order valence-corrected chi connectivity index (χ4v) is 8.97. The van der Waals surface area contributed by atoms with Gasteiger partial charge in [0.25, 0.3) is 0 Å². The lowest BCUT2D eigenvalue weighted by molar-refractivity contribution is -0.274. The highest BCUT2D eigenvalue weighted by atomic mass is 32.2. The molecule has 7 atom stereocenters. The molecular weight excluding hydrogens is 820 g/mol. The maximum atomic E-state index is 13.8. The number of aliphatic hydroxyl groups is 1. The minimum absolute atomic E-state index is 0.000426. The van der Waals surface area contributed by atoms with Crippen molar-refractivity contribution in [3.8, 4) is 11.5 Å². The van der Waals surface area contributed by atoms with Gasteiger partial charge < -0.3 is 34.1 Å². The first kappa shape index (κ1) is 47.2. The molecule has 0 aliphatic carbocycles. The predicted molar refractivity (Wildman–Crippen MR) is 197 cm³/mol. The second-order valence-electron chi connectivity index (χ2n) is 13.9. The van der Waals surface area contributed by atoms with Crippen molar-refractivity contribution in [2.75, 3.05) is 53.0 Å². The number of alkyl carbamates (subject to hydrolysis) is 1. The zero-order valence-electron chi connectivity index (χ0n) is 32.6. The van der Waals surface area contributed by atoms with Gasteiger partial charge in [-0.3, -0.25) is 18.5 Å². The van der Waals surface area contributed by atoms with E-state index in [0.29, 0.717) is 24.3 Å². The van der Waals surface area contributed by atoms with Crippen LogP contribution in [0, 0.1) is 11.8 Å². The molecular formula is C36H50F3N2O15PS. The van der Waals surface area contributed by atoms with Gasteiger partial charge in [0.05, 0.1) is 49.9 Å². The average molecular weight is 871 g/mol.